The fourth-order valence-electron chi connectivity index (χ4n) is 8.26. The van der Waals surface area contributed by atoms with Crippen LogP contribution in [0.3, 0.4) is 0 Å². The van der Waals surface area contributed by atoms with Crippen molar-refractivity contribution in [1.29, 1.82) is 0 Å². The topological polar surface area (TPSA) is 37.3 Å². The predicted molar refractivity (Wildman–Crippen MR) is 96.8 cm³/mol. The summed E-state index contributed by atoms with van der Waals surface area (Å²) in [6, 6.07) is 0. The van der Waals surface area contributed by atoms with E-state index in [0.717, 1.165) is 38.5 Å². The van der Waals surface area contributed by atoms with E-state index >= 15 is 0 Å². The third-order valence-corrected chi connectivity index (χ3v) is 9.71. The van der Waals surface area contributed by atoms with Crippen molar-refractivity contribution in [1.82, 2.24) is 0 Å². The molecule has 4 fully saturated rings. The van der Waals surface area contributed by atoms with Gasteiger partial charge in [0.15, 0.2) is 0 Å². The van der Waals surface area contributed by atoms with Crippen LogP contribution in [0.5, 0.6) is 0 Å². The molecule has 4 aliphatic rings. The molecule has 154 valence electrons. The third-order valence-electron chi connectivity index (χ3n) is 9.71. The van der Waals surface area contributed by atoms with E-state index in [2.05, 4.69) is 13.8 Å². The number of aliphatic hydroxyl groups excluding tert-OH is 1. The van der Waals surface area contributed by atoms with E-state index in [1.54, 1.807) is 6.92 Å². The summed E-state index contributed by atoms with van der Waals surface area (Å²) >= 11 is 0. The smallest absolute Gasteiger partial charge is 0.391 e. The Hall–Kier alpha value is -0.580. The van der Waals surface area contributed by atoms with Crippen molar-refractivity contribution >= 4 is 5.78 Å². The first-order valence-corrected chi connectivity index (χ1v) is 10.7. The van der Waals surface area contributed by atoms with Gasteiger partial charge in [-0.15, -0.1) is 0 Å². The number of carbonyl (C=O) groups is 1. The van der Waals surface area contributed by atoms with Crippen LogP contribution in [0.4, 0.5) is 13.2 Å². The Balaban J connectivity index is 1.61. The summed E-state index contributed by atoms with van der Waals surface area (Å²) in [4.78, 5) is 12.2. The van der Waals surface area contributed by atoms with Crippen LogP contribution in [0.15, 0.2) is 0 Å². The number of hydrogen-bond acceptors (Lipinski definition) is 2. The molecule has 0 aliphatic heterocycles. The van der Waals surface area contributed by atoms with Gasteiger partial charge in [-0.05, 0) is 92.8 Å². The van der Waals surface area contributed by atoms with Crippen LogP contribution in [-0.2, 0) is 4.79 Å². The summed E-state index contributed by atoms with van der Waals surface area (Å²) in [5, 5.41) is 10.9. The second-order valence-corrected chi connectivity index (χ2v) is 10.5. The van der Waals surface area contributed by atoms with Crippen molar-refractivity contribution < 1.29 is 23.1 Å². The van der Waals surface area contributed by atoms with Gasteiger partial charge in [0, 0.05) is 5.92 Å². The van der Waals surface area contributed by atoms with E-state index in [0.29, 0.717) is 23.5 Å². The Morgan fingerprint density at radius 1 is 1.00 bits per heavy atom. The molecular formula is C22H33F3O2. The maximum absolute atomic E-state index is 13.3. The molecule has 27 heavy (non-hydrogen) atoms. The molecule has 0 bridgehead atoms. The minimum absolute atomic E-state index is 0.0384. The zero-order valence-electron chi connectivity index (χ0n) is 16.7. The van der Waals surface area contributed by atoms with Crippen molar-refractivity contribution in [2.24, 2.45) is 46.3 Å². The van der Waals surface area contributed by atoms with Crippen LogP contribution in [0, 0.1) is 46.3 Å². The summed E-state index contributed by atoms with van der Waals surface area (Å²) in [5.41, 5.74) is -0.357. The van der Waals surface area contributed by atoms with Crippen LogP contribution in [0.2, 0.25) is 0 Å². The number of Topliss-reactive ketones (excluding diaryl/α,β-unsaturated/α-hetero) is 1. The molecule has 1 unspecified atom stereocenters. The Labute approximate surface area is 160 Å². The number of carbonyl (C=O) groups excluding carboxylic acids is 1. The molecule has 5 heteroatoms. The highest BCUT2D eigenvalue weighted by atomic mass is 19.4. The number of aliphatic hydroxyl groups is 1. The molecule has 0 spiro atoms. The largest absolute Gasteiger partial charge is 0.393 e. The fraction of sp³-hybridized carbons (Fsp3) is 0.955. The van der Waals surface area contributed by atoms with E-state index in [9.17, 15) is 23.1 Å². The van der Waals surface area contributed by atoms with E-state index in [-0.39, 0.29) is 30.1 Å². The normalized spacial score (nSPS) is 52.6. The number of alkyl halides is 3. The van der Waals surface area contributed by atoms with Gasteiger partial charge in [-0.2, -0.15) is 13.2 Å². The standard InChI is InChI=1S/C22H33F3O2/c1-12(26)16-6-7-17-15-5-4-13-10-14(22(23,24)25)11-19(27)21(13,3)18(15)8-9-20(16,17)2/h13-19,27H,4-11H2,1-3H3/t13-,14-,15+,16-,17+,18+,19?,20-,21+/m1/s1. The van der Waals surface area contributed by atoms with E-state index in [1.807, 2.05) is 0 Å². The summed E-state index contributed by atoms with van der Waals surface area (Å²) in [6.45, 7) is 6.06. The highest BCUT2D eigenvalue weighted by Crippen LogP contribution is 2.68. The minimum atomic E-state index is -4.20. The van der Waals surface area contributed by atoms with Gasteiger partial charge in [0.2, 0.25) is 0 Å². The van der Waals surface area contributed by atoms with Crippen LogP contribution < -0.4 is 0 Å². The van der Waals surface area contributed by atoms with Crippen molar-refractivity contribution in [2.45, 2.75) is 84.4 Å². The van der Waals surface area contributed by atoms with Crippen LogP contribution in [0.1, 0.15) is 72.1 Å². The Kier molecular flexibility index (Phi) is 4.53. The highest BCUT2D eigenvalue weighted by molar-refractivity contribution is 5.79. The molecule has 0 aromatic rings. The summed E-state index contributed by atoms with van der Waals surface area (Å²) < 4.78 is 40.0. The minimum Gasteiger partial charge on any atom is -0.393 e. The van der Waals surface area contributed by atoms with Crippen LogP contribution >= 0.6 is 0 Å². The van der Waals surface area contributed by atoms with E-state index in [1.165, 1.54) is 0 Å². The molecule has 4 rings (SSSR count). The van der Waals surface area contributed by atoms with Crippen LogP contribution in [0.25, 0.3) is 0 Å². The zero-order chi connectivity index (χ0) is 19.8. The molecule has 1 N–H and O–H groups in total. The van der Waals surface area contributed by atoms with Gasteiger partial charge in [-0.3, -0.25) is 4.79 Å². The lowest BCUT2D eigenvalue weighted by Crippen LogP contribution is -2.59. The second kappa shape index (κ2) is 6.21. The van der Waals surface area contributed by atoms with Gasteiger partial charge < -0.3 is 5.11 Å². The number of hydrogen-bond donors (Lipinski definition) is 1. The lowest BCUT2D eigenvalue weighted by molar-refractivity contribution is -0.234. The van der Waals surface area contributed by atoms with Crippen LogP contribution in [-0.4, -0.2) is 23.2 Å². The summed E-state index contributed by atoms with van der Waals surface area (Å²) in [5.74, 6) is 0.267. The summed E-state index contributed by atoms with van der Waals surface area (Å²) in [6.07, 6.45) is 0.655. The average molecular weight is 386 g/mol. The molecular weight excluding hydrogens is 353 g/mol. The lowest BCUT2D eigenvalue weighted by Gasteiger charge is -2.62. The Morgan fingerprint density at radius 3 is 2.33 bits per heavy atom. The van der Waals surface area contributed by atoms with Gasteiger partial charge in [-0.1, -0.05) is 13.8 Å². The molecule has 0 radical (unpaired) electrons. The molecule has 4 aliphatic carbocycles. The van der Waals surface area contributed by atoms with E-state index in [4.69, 9.17) is 0 Å². The molecule has 0 aromatic heterocycles. The number of rotatable bonds is 1. The Bertz CT molecular complexity index is 617. The van der Waals surface area contributed by atoms with Gasteiger partial charge in [0.25, 0.3) is 0 Å². The number of fused-ring (bicyclic) bond motifs is 5. The van der Waals surface area contributed by atoms with Crippen molar-refractivity contribution in [3.63, 3.8) is 0 Å². The zero-order valence-corrected chi connectivity index (χ0v) is 16.7. The number of ketones is 1. The highest BCUT2D eigenvalue weighted by Gasteiger charge is 2.64. The van der Waals surface area contributed by atoms with Gasteiger partial charge in [0.05, 0.1) is 12.0 Å². The van der Waals surface area contributed by atoms with Crippen molar-refractivity contribution in [2.75, 3.05) is 0 Å². The molecule has 0 heterocycles. The monoisotopic (exact) mass is 386 g/mol. The van der Waals surface area contributed by atoms with E-state index < -0.39 is 23.6 Å². The van der Waals surface area contributed by atoms with Gasteiger partial charge in [0.1, 0.15) is 5.78 Å². The SMILES string of the molecule is CC(=O)[C@H]1CC[C@H]2[C@@H]3CC[C@@H]4C[C@@H](C(F)(F)F)CC(O)[C@]4(C)[C@H]3CC[C@]12C. The first-order valence-electron chi connectivity index (χ1n) is 10.7. The average Bonchev–Trinajstić information content (AvgIpc) is 2.92. The van der Waals surface area contributed by atoms with Gasteiger partial charge in [-0.25, -0.2) is 0 Å². The lowest BCUT2D eigenvalue weighted by atomic mass is 9.43. The second-order valence-electron chi connectivity index (χ2n) is 10.5. The summed E-state index contributed by atoms with van der Waals surface area (Å²) in [7, 11) is 0. The Morgan fingerprint density at radius 2 is 1.70 bits per heavy atom. The first-order chi connectivity index (χ1) is 12.5. The fourth-order valence-corrected chi connectivity index (χ4v) is 8.26. The molecule has 0 amide bonds. The maximum atomic E-state index is 13.3. The van der Waals surface area contributed by atoms with Gasteiger partial charge >= 0.3 is 6.18 Å². The maximum Gasteiger partial charge on any atom is 0.391 e. The third kappa shape index (κ3) is 2.73. The predicted octanol–water partition coefficient (Wildman–Crippen LogP) is 5.38. The molecule has 2 nitrogen and oxygen atoms in total. The molecule has 9 atom stereocenters. The van der Waals surface area contributed by atoms with Crippen molar-refractivity contribution in [3.05, 3.63) is 0 Å². The van der Waals surface area contributed by atoms with Crippen molar-refractivity contribution in [3.8, 4) is 0 Å². The molecule has 4 saturated carbocycles. The molecule has 0 saturated heterocycles. The first kappa shape index (κ1) is 19.7. The molecule has 0 aromatic carbocycles. The quantitative estimate of drug-likeness (QED) is 0.657. The number of halogens is 3.